The normalized spacial score (nSPS) is 13.2. The molecule has 0 saturated heterocycles. The quantitative estimate of drug-likeness (QED) is 0.912. The largest absolute Gasteiger partial charge is 0.323 e. The molecule has 0 aliphatic carbocycles. The van der Waals surface area contributed by atoms with Crippen LogP contribution in [0.15, 0.2) is 12.1 Å². The number of aryl methyl sites for hydroxylation is 1. The van der Waals surface area contributed by atoms with Gasteiger partial charge in [0.1, 0.15) is 0 Å². The molecule has 1 atom stereocenters. The summed E-state index contributed by atoms with van der Waals surface area (Å²) in [4.78, 5) is 3.91. The highest BCUT2D eigenvalue weighted by Gasteiger charge is 2.18. The van der Waals surface area contributed by atoms with Crippen LogP contribution in [0.3, 0.4) is 0 Å². The molecule has 0 aliphatic rings. The average Bonchev–Trinajstić information content (AvgIpc) is 2.96. The van der Waals surface area contributed by atoms with Crippen molar-refractivity contribution in [1.29, 1.82) is 0 Å². The van der Waals surface area contributed by atoms with Crippen molar-refractivity contribution in [2.75, 3.05) is 0 Å². The van der Waals surface area contributed by atoms with Gasteiger partial charge in [0.25, 0.3) is 0 Å². The van der Waals surface area contributed by atoms with Gasteiger partial charge in [0.15, 0.2) is 0 Å². The molecule has 2 aromatic rings. The first kappa shape index (κ1) is 13.6. The van der Waals surface area contributed by atoms with E-state index in [2.05, 4.69) is 42.5 Å². The van der Waals surface area contributed by atoms with E-state index in [9.17, 15) is 0 Å². The minimum Gasteiger partial charge on any atom is -0.323 e. The van der Waals surface area contributed by atoms with Gasteiger partial charge < -0.3 is 5.73 Å². The number of thiophene rings is 1. The smallest absolute Gasteiger partial charge is 0.0829 e. The number of hydrogen-bond donors (Lipinski definition) is 1. The van der Waals surface area contributed by atoms with Crippen molar-refractivity contribution in [1.82, 2.24) is 9.59 Å². The van der Waals surface area contributed by atoms with E-state index in [0.29, 0.717) is 5.92 Å². The first-order chi connectivity index (χ1) is 8.61. The highest BCUT2D eigenvalue weighted by atomic mass is 32.1. The molecule has 2 rings (SSSR count). The molecule has 0 bridgehead atoms. The molecular formula is C13H19N3S2. The van der Waals surface area contributed by atoms with Gasteiger partial charge in [0, 0.05) is 22.2 Å². The van der Waals surface area contributed by atoms with Gasteiger partial charge in [0.05, 0.1) is 10.6 Å². The molecule has 2 heterocycles. The topological polar surface area (TPSA) is 51.8 Å². The summed E-state index contributed by atoms with van der Waals surface area (Å²) in [6, 6.07) is 4.40. The van der Waals surface area contributed by atoms with E-state index in [4.69, 9.17) is 5.73 Å². The monoisotopic (exact) mass is 281 g/mol. The molecule has 3 nitrogen and oxygen atoms in total. The van der Waals surface area contributed by atoms with Crippen molar-refractivity contribution in [2.45, 2.75) is 45.6 Å². The molecule has 0 radical (unpaired) electrons. The molecule has 0 saturated carbocycles. The predicted octanol–water partition coefficient (Wildman–Crippen LogP) is 3.53. The van der Waals surface area contributed by atoms with Gasteiger partial charge in [-0.3, -0.25) is 0 Å². The molecule has 0 aromatic carbocycles. The van der Waals surface area contributed by atoms with Crippen LogP contribution >= 0.6 is 22.9 Å². The zero-order valence-corrected chi connectivity index (χ0v) is 12.6. The third-order valence-electron chi connectivity index (χ3n) is 2.91. The Morgan fingerprint density at radius 2 is 2.00 bits per heavy atom. The highest BCUT2D eigenvalue weighted by molar-refractivity contribution is 7.12. The third-order valence-corrected chi connectivity index (χ3v) is 5.03. The van der Waals surface area contributed by atoms with E-state index >= 15 is 0 Å². The lowest BCUT2D eigenvalue weighted by Crippen LogP contribution is -2.13. The van der Waals surface area contributed by atoms with E-state index in [1.807, 2.05) is 11.3 Å². The Kier molecular flexibility index (Phi) is 4.48. The van der Waals surface area contributed by atoms with Gasteiger partial charge in [-0.05, 0) is 36.0 Å². The SMILES string of the molecule is CCc1ccc(CC(N)c2snnc2C(C)C)s1. The lowest BCUT2D eigenvalue weighted by Gasteiger charge is -2.11. The number of nitrogens with two attached hydrogens (primary N) is 1. The number of nitrogens with zero attached hydrogens (tertiary/aromatic N) is 2. The Balaban J connectivity index is 2.11. The fourth-order valence-electron chi connectivity index (χ4n) is 1.89. The lowest BCUT2D eigenvalue weighted by atomic mass is 10.0. The van der Waals surface area contributed by atoms with Gasteiger partial charge in [-0.2, -0.15) is 0 Å². The summed E-state index contributed by atoms with van der Waals surface area (Å²) >= 11 is 3.29. The Hall–Kier alpha value is -0.780. The van der Waals surface area contributed by atoms with Crippen LogP contribution in [0.1, 0.15) is 53.1 Å². The van der Waals surface area contributed by atoms with E-state index < -0.39 is 0 Å². The van der Waals surface area contributed by atoms with Crippen molar-refractivity contribution in [3.8, 4) is 0 Å². The van der Waals surface area contributed by atoms with Crippen molar-refractivity contribution in [3.05, 3.63) is 32.5 Å². The van der Waals surface area contributed by atoms with Gasteiger partial charge in [0.2, 0.25) is 0 Å². The maximum atomic E-state index is 6.30. The van der Waals surface area contributed by atoms with E-state index in [1.54, 1.807) is 0 Å². The van der Waals surface area contributed by atoms with Crippen LogP contribution in [0.4, 0.5) is 0 Å². The second-order valence-electron chi connectivity index (χ2n) is 4.71. The zero-order valence-electron chi connectivity index (χ0n) is 11.0. The molecule has 0 fully saturated rings. The summed E-state index contributed by atoms with van der Waals surface area (Å²) < 4.78 is 4.04. The Labute approximate surface area is 116 Å². The fourth-order valence-corrected chi connectivity index (χ4v) is 3.72. The second-order valence-corrected chi connectivity index (χ2v) is 6.75. The molecule has 2 N–H and O–H groups in total. The molecule has 1 unspecified atom stereocenters. The van der Waals surface area contributed by atoms with Crippen molar-refractivity contribution < 1.29 is 0 Å². The Morgan fingerprint density at radius 1 is 1.28 bits per heavy atom. The lowest BCUT2D eigenvalue weighted by molar-refractivity contribution is 0.706. The van der Waals surface area contributed by atoms with Crippen molar-refractivity contribution in [2.24, 2.45) is 5.73 Å². The van der Waals surface area contributed by atoms with Gasteiger partial charge >= 0.3 is 0 Å². The Bertz CT molecular complexity index is 502. The summed E-state index contributed by atoms with van der Waals surface area (Å²) in [5.41, 5.74) is 7.35. The molecular weight excluding hydrogens is 262 g/mol. The second kappa shape index (κ2) is 5.91. The van der Waals surface area contributed by atoms with Crippen LogP contribution < -0.4 is 5.73 Å². The third kappa shape index (κ3) is 2.96. The molecule has 5 heteroatoms. The Morgan fingerprint density at radius 3 is 2.61 bits per heavy atom. The minimum atomic E-state index is 0.0192. The van der Waals surface area contributed by atoms with Gasteiger partial charge in [-0.15, -0.1) is 16.4 Å². The van der Waals surface area contributed by atoms with Crippen molar-refractivity contribution >= 4 is 22.9 Å². The molecule has 0 amide bonds. The van der Waals surface area contributed by atoms with Crippen LogP contribution in [0, 0.1) is 0 Å². The number of aromatic nitrogens is 2. The van der Waals surface area contributed by atoms with Crippen LogP contribution in [-0.4, -0.2) is 9.59 Å². The summed E-state index contributed by atoms with van der Waals surface area (Å²) in [5, 5.41) is 4.19. The number of rotatable bonds is 5. The van der Waals surface area contributed by atoms with Gasteiger partial charge in [-0.1, -0.05) is 25.3 Å². The highest BCUT2D eigenvalue weighted by Crippen LogP contribution is 2.29. The summed E-state index contributed by atoms with van der Waals surface area (Å²) in [6.07, 6.45) is 1.98. The standard InChI is InChI=1S/C13H19N3S2/c1-4-9-5-6-10(17-9)7-11(14)13-12(8(2)3)15-16-18-13/h5-6,8,11H,4,7,14H2,1-3H3. The van der Waals surface area contributed by atoms with Crippen LogP contribution in [0.5, 0.6) is 0 Å². The summed E-state index contributed by atoms with van der Waals surface area (Å²) in [6.45, 7) is 6.44. The zero-order chi connectivity index (χ0) is 13.1. The van der Waals surface area contributed by atoms with E-state index in [0.717, 1.165) is 23.4 Å². The van der Waals surface area contributed by atoms with Crippen LogP contribution in [0.25, 0.3) is 0 Å². The first-order valence-corrected chi connectivity index (χ1v) is 7.86. The maximum Gasteiger partial charge on any atom is 0.0829 e. The van der Waals surface area contributed by atoms with Crippen molar-refractivity contribution in [3.63, 3.8) is 0 Å². The van der Waals surface area contributed by atoms with E-state index in [-0.39, 0.29) is 6.04 Å². The van der Waals surface area contributed by atoms with Crippen LogP contribution in [0.2, 0.25) is 0 Å². The maximum absolute atomic E-state index is 6.30. The van der Waals surface area contributed by atoms with E-state index in [1.165, 1.54) is 21.3 Å². The summed E-state index contributed by atoms with van der Waals surface area (Å²) in [7, 11) is 0. The summed E-state index contributed by atoms with van der Waals surface area (Å²) in [5.74, 6) is 0.388. The number of hydrogen-bond acceptors (Lipinski definition) is 5. The molecule has 98 valence electrons. The minimum absolute atomic E-state index is 0.0192. The first-order valence-electron chi connectivity index (χ1n) is 6.27. The average molecular weight is 281 g/mol. The molecule has 18 heavy (non-hydrogen) atoms. The van der Waals surface area contributed by atoms with Crippen LogP contribution in [-0.2, 0) is 12.8 Å². The molecule has 0 aliphatic heterocycles. The molecule has 2 aromatic heterocycles. The molecule has 0 spiro atoms. The fraction of sp³-hybridized carbons (Fsp3) is 0.538. The predicted molar refractivity (Wildman–Crippen MR) is 78.3 cm³/mol. The van der Waals surface area contributed by atoms with Gasteiger partial charge in [-0.25, -0.2) is 0 Å².